The molecule has 142 valence electrons. The van der Waals surface area contributed by atoms with Crippen LogP contribution in [-0.4, -0.2) is 29.2 Å². The zero-order valence-corrected chi connectivity index (χ0v) is 16.9. The first kappa shape index (κ1) is 18.7. The molecule has 28 heavy (non-hydrogen) atoms. The quantitative estimate of drug-likeness (QED) is 0.459. The standard InChI is InChI=1S/C23H21BrN2O2/c24-22-8-4-2-6-17(22)15-26(11-12-27)23(28)25-19-9-10-21-18(14-19)13-16-5-1-3-7-20(16)21/h1-10,14,27H,11-13,15H2,(H,25,28). The van der Waals surface area contributed by atoms with E-state index in [1.165, 1.54) is 22.3 Å². The number of nitrogens with one attached hydrogen (secondary N) is 1. The van der Waals surface area contributed by atoms with Crippen molar-refractivity contribution in [3.05, 3.63) is 87.9 Å². The maximum Gasteiger partial charge on any atom is 0.322 e. The molecular formula is C23H21BrN2O2. The van der Waals surface area contributed by atoms with E-state index in [9.17, 15) is 9.90 Å². The minimum absolute atomic E-state index is 0.0859. The van der Waals surface area contributed by atoms with Crippen molar-refractivity contribution in [2.24, 2.45) is 0 Å². The Hall–Kier alpha value is -2.63. The summed E-state index contributed by atoms with van der Waals surface area (Å²) in [6, 6.07) is 22.0. The lowest BCUT2D eigenvalue weighted by atomic mass is 10.1. The molecule has 0 bridgehead atoms. The Balaban J connectivity index is 1.50. The summed E-state index contributed by atoms with van der Waals surface area (Å²) in [5.41, 5.74) is 6.80. The number of benzene rings is 3. The fourth-order valence-electron chi connectivity index (χ4n) is 3.63. The molecule has 0 fully saturated rings. The van der Waals surface area contributed by atoms with E-state index in [1.807, 2.05) is 36.4 Å². The van der Waals surface area contributed by atoms with Gasteiger partial charge >= 0.3 is 6.03 Å². The summed E-state index contributed by atoms with van der Waals surface area (Å²) in [6.07, 6.45) is 0.881. The predicted molar refractivity (Wildman–Crippen MR) is 115 cm³/mol. The second kappa shape index (κ2) is 8.17. The minimum atomic E-state index is -0.222. The lowest BCUT2D eigenvalue weighted by molar-refractivity contribution is 0.185. The van der Waals surface area contributed by atoms with E-state index >= 15 is 0 Å². The van der Waals surface area contributed by atoms with Crippen LogP contribution in [0.15, 0.2) is 71.2 Å². The summed E-state index contributed by atoms with van der Waals surface area (Å²) >= 11 is 3.52. The number of urea groups is 1. The Morgan fingerprint density at radius 1 is 1.00 bits per heavy atom. The van der Waals surface area contributed by atoms with Crippen LogP contribution in [0.25, 0.3) is 11.1 Å². The van der Waals surface area contributed by atoms with Crippen LogP contribution >= 0.6 is 15.9 Å². The molecule has 0 aliphatic heterocycles. The predicted octanol–water partition coefficient (Wildman–Crippen LogP) is 5.05. The van der Waals surface area contributed by atoms with E-state index in [1.54, 1.807) is 4.90 Å². The molecule has 0 saturated heterocycles. The van der Waals surface area contributed by atoms with Gasteiger partial charge in [0.1, 0.15) is 0 Å². The molecule has 3 aromatic carbocycles. The van der Waals surface area contributed by atoms with Crippen molar-refractivity contribution in [2.45, 2.75) is 13.0 Å². The number of aliphatic hydroxyl groups is 1. The van der Waals surface area contributed by atoms with Crippen LogP contribution in [-0.2, 0) is 13.0 Å². The topological polar surface area (TPSA) is 52.6 Å². The van der Waals surface area contributed by atoms with Gasteiger partial charge in [-0.05, 0) is 52.4 Å². The van der Waals surface area contributed by atoms with Gasteiger partial charge in [-0.3, -0.25) is 0 Å². The second-order valence-electron chi connectivity index (χ2n) is 6.87. The summed E-state index contributed by atoms with van der Waals surface area (Å²) in [5.74, 6) is 0. The van der Waals surface area contributed by atoms with Crippen LogP contribution in [0, 0.1) is 0 Å². The molecule has 4 rings (SSSR count). The largest absolute Gasteiger partial charge is 0.395 e. The number of halogens is 1. The van der Waals surface area contributed by atoms with Crippen molar-refractivity contribution in [2.75, 3.05) is 18.5 Å². The van der Waals surface area contributed by atoms with Crippen molar-refractivity contribution in [1.29, 1.82) is 0 Å². The van der Waals surface area contributed by atoms with Crippen molar-refractivity contribution < 1.29 is 9.90 Å². The summed E-state index contributed by atoms with van der Waals surface area (Å²) < 4.78 is 0.945. The van der Waals surface area contributed by atoms with Gasteiger partial charge in [0.05, 0.1) is 6.61 Å². The van der Waals surface area contributed by atoms with Crippen molar-refractivity contribution in [3.8, 4) is 11.1 Å². The fourth-order valence-corrected chi connectivity index (χ4v) is 4.04. The average Bonchev–Trinajstić information content (AvgIpc) is 3.07. The molecular weight excluding hydrogens is 416 g/mol. The summed E-state index contributed by atoms with van der Waals surface area (Å²) in [4.78, 5) is 14.4. The smallest absolute Gasteiger partial charge is 0.322 e. The van der Waals surface area contributed by atoms with Crippen LogP contribution in [0.4, 0.5) is 10.5 Å². The molecule has 0 saturated carbocycles. The number of anilines is 1. The normalized spacial score (nSPS) is 11.6. The Labute approximate surface area is 172 Å². The van der Waals surface area contributed by atoms with Gasteiger partial charge in [-0.2, -0.15) is 0 Å². The number of hydrogen-bond acceptors (Lipinski definition) is 2. The van der Waals surface area contributed by atoms with Crippen LogP contribution in [0.1, 0.15) is 16.7 Å². The van der Waals surface area contributed by atoms with Crippen molar-refractivity contribution in [3.63, 3.8) is 0 Å². The highest BCUT2D eigenvalue weighted by Gasteiger charge is 2.19. The fraction of sp³-hybridized carbons (Fsp3) is 0.174. The highest BCUT2D eigenvalue weighted by Crippen LogP contribution is 2.37. The number of amides is 2. The van der Waals surface area contributed by atoms with Crippen LogP contribution in [0.3, 0.4) is 0 Å². The van der Waals surface area contributed by atoms with Gasteiger partial charge in [-0.25, -0.2) is 4.79 Å². The zero-order chi connectivity index (χ0) is 19.5. The third-order valence-electron chi connectivity index (χ3n) is 5.02. The summed E-state index contributed by atoms with van der Waals surface area (Å²) in [5, 5.41) is 12.4. The highest BCUT2D eigenvalue weighted by atomic mass is 79.9. The van der Waals surface area contributed by atoms with Gasteiger partial charge in [0.2, 0.25) is 0 Å². The number of fused-ring (bicyclic) bond motifs is 3. The summed E-state index contributed by atoms with van der Waals surface area (Å²) in [7, 11) is 0. The molecule has 2 N–H and O–H groups in total. The zero-order valence-electron chi connectivity index (χ0n) is 15.4. The SMILES string of the molecule is O=C(Nc1ccc2c(c1)Cc1ccccc1-2)N(CCO)Cc1ccccc1Br. The molecule has 0 atom stereocenters. The molecule has 0 radical (unpaired) electrons. The lowest BCUT2D eigenvalue weighted by Gasteiger charge is -2.23. The third kappa shape index (κ3) is 3.81. The molecule has 0 unspecified atom stereocenters. The molecule has 0 aromatic heterocycles. The maximum absolute atomic E-state index is 12.8. The van der Waals surface area contributed by atoms with E-state index < -0.39 is 0 Å². The van der Waals surface area contributed by atoms with Crippen molar-refractivity contribution in [1.82, 2.24) is 4.90 Å². The number of carbonyl (C=O) groups is 1. The number of hydrogen-bond donors (Lipinski definition) is 2. The number of rotatable bonds is 5. The Morgan fingerprint density at radius 2 is 1.75 bits per heavy atom. The van der Waals surface area contributed by atoms with Crippen LogP contribution in [0.2, 0.25) is 0 Å². The molecule has 0 heterocycles. The van der Waals surface area contributed by atoms with E-state index in [2.05, 4.69) is 51.6 Å². The molecule has 0 spiro atoms. The van der Waals surface area contributed by atoms with Crippen molar-refractivity contribution >= 4 is 27.6 Å². The first-order valence-corrected chi connectivity index (χ1v) is 10.1. The molecule has 3 aromatic rings. The van der Waals surface area contributed by atoms with Gasteiger partial charge in [0.15, 0.2) is 0 Å². The molecule has 4 nitrogen and oxygen atoms in total. The van der Waals surface area contributed by atoms with Gasteiger partial charge in [-0.1, -0.05) is 64.5 Å². The monoisotopic (exact) mass is 436 g/mol. The first-order valence-electron chi connectivity index (χ1n) is 9.27. The van der Waals surface area contributed by atoms with Crippen LogP contribution in [0.5, 0.6) is 0 Å². The lowest BCUT2D eigenvalue weighted by Crippen LogP contribution is -2.36. The molecule has 1 aliphatic rings. The molecule has 2 amide bonds. The van der Waals surface area contributed by atoms with E-state index in [0.29, 0.717) is 6.54 Å². The Kier molecular flexibility index (Phi) is 5.46. The maximum atomic E-state index is 12.8. The van der Waals surface area contributed by atoms with E-state index in [-0.39, 0.29) is 19.2 Å². The second-order valence-corrected chi connectivity index (χ2v) is 7.73. The molecule has 5 heteroatoms. The van der Waals surface area contributed by atoms with Crippen LogP contribution < -0.4 is 5.32 Å². The third-order valence-corrected chi connectivity index (χ3v) is 5.79. The highest BCUT2D eigenvalue weighted by molar-refractivity contribution is 9.10. The Morgan fingerprint density at radius 3 is 2.57 bits per heavy atom. The number of carbonyl (C=O) groups excluding carboxylic acids is 1. The van der Waals surface area contributed by atoms with E-state index in [4.69, 9.17) is 0 Å². The summed E-state index contributed by atoms with van der Waals surface area (Å²) in [6.45, 7) is 0.602. The van der Waals surface area contributed by atoms with Gasteiger partial charge in [0, 0.05) is 23.2 Å². The van der Waals surface area contributed by atoms with Gasteiger partial charge in [0.25, 0.3) is 0 Å². The van der Waals surface area contributed by atoms with Gasteiger partial charge < -0.3 is 15.3 Å². The number of nitrogens with zero attached hydrogens (tertiary/aromatic N) is 1. The molecule has 1 aliphatic carbocycles. The number of aliphatic hydroxyl groups excluding tert-OH is 1. The first-order chi connectivity index (χ1) is 13.7. The average molecular weight is 437 g/mol. The van der Waals surface area contributed by atoms with Gasteiger partial charge in [-0.15, -0.1) is 0 Å². The Bertz CT molecular complexity index is 1020. The minimum Gasteiger partial charge on any atom is -0.395 e. The van der Waals surface area contributed by atoms with E-state index in [0.717, 1.165) is 22.1 Å².